The van der Waals surface area contributed by atoms with E-state index < -0.39 is 4.30 Å². The number of hydrogen-bond acceptors (Lipinski definition) is 0. The quantitative estimate of drug-likeness (QED) is 0.464. The Hall–Kier alpha value is 1.60. The van der Waals surface area contributed by atoms with Gasteiger partial charge in [0.25, 0.3) is 0 Å². The Balaban J connectivity index is 0. The van der Waals surface area contributed by atoms with Gasteiger partial charge in [0.2, 0.25) is 0 Å². The van der Waals surface area contributed by atoms with Gasteiger partial charge in [-0.05, 0) is 4.93 Å². The van der Waals surface area contributed by atoms with Crippen LogP contribution in [0.25, 0.3) is 0 Å². The highest BCUT2D eigenvalue weighted by molar-refractivity contribution is 14.1. The summed E-state index contributed by atoms with van der Waals surface area (Å²) >= 11 is 16.6. The van der Waals surface area contributed by atoms with Crippen LogP contribution in [0.2, 0.25) is 0 Å². The summed E-state index contributed by atoms with van der Waals surface area (Å²) in [6, 6.07) is 0. The third-order valence-corrected chi connectivity index (χ3v) is 0. The van der Waals surface area contributed by atoms with Gasteiger partial charge in [0.05, 0.1) is 0 Å². The first-order chi connectivity index (χ1) is 2.73. The first-order valence-electron chi connectivity index (χ1n) is 1.03. The maximum Gasteiger partial charge on any atom is 0.180 e. The van der Waals surface area contributed by atoms with Crippen LogP contribution in [0.3, 0.4) is 0 Å². The SMILES string of the molecule is CI.ClC(Cl)Cl. The predicted octanol–water partition coefficient (Wildman–Crippen LogP) is 3.04. The average molecular weight is 261 g/mol. The second-order valence-electron chi connectivity index (χ2n) is 0.247. The van der Waals surface area contributed by atoms with E-state index in [2.05, 4.69) is 22.6 Å². The number of alkyl halides is 4. The molecule has 0 aromatic carbocycles. The third kappa shape index (κ3) is 46.3. The van der Waals surface area contributed by atoms with Crippen LogP contribution in [0.4, 0.5) is 0 Å². The summed E-state index contributed by atoms with van der Waals surface area (Å²) in [4.78, 5) is 1.97. The lowest BCUT2D eigenvalue weighted by atomic mass is 11.9. The van der Waals surface area contributed by atoms with Crippen molar-refractivity contribution < 1.29 is 0 Å². The molecule has 0 aliphatic rings. The second-order valence-corrected chi connectivity index (χ2v) is 2.23. The van der Waals surface area contributed by atoms with Crippen LogP contribution in [0.15, 0.2) is 0 Å². The van der Waals surface area contributed by atoms with Crippen LogP contribution in [0.1, 0.15) is 0 Å². The lowest BCUT2D eigenvalue weighted by molar-refractivity contribution is 1.96. The van der Waals surface area contributed by atoms with Crippen molar-refractivity contribution in [1.82, 2.24) is 0 Å². The third-order valence-electron chi connectivity index (χ3n) is 0. The molecule has 0 radical (unpaired) electrons. The van der Waals surface area contributed by atoms with Crippen molar-refractivity contribution in [2.24, 2.45) is 0 Å². The van der Waals surface area contributed by atoms with Crippen LogP contribution in [-0.2, 0) is 0 Å². The van der Waals surface area contributed by atoms with Crippen molar-refractivity contribution in [3.05, 3.63) is 0 Å². The van der Waals surface area contributed by atoms with E-state index in [-0.39, 0.29) is 0 Å². The molecule has 40 valence electrons. The van der Waals surface area contributed by atoms with Gasteiger partial charge in [-0.3, -0.25) is 0 Å². The van der Waals surface area contributed by atoms with E-state index >= 15 is 0 Å². The number of rotatable bonds is 0. The Bertz CT molecular complexity index is 13.5. The van der Waals surface area contributed by atoms with Gasteiger partial charge in [-0.15, -0.1) is 0 Å². The zero-order chi connectivity index (χ0) is 5.58. The van der Waals surface area contributed by atoms with Gasteiger partial charge < -0.3 is 0 Å². The molecule has 0 heterocycles. The summed E-state index contributed by atoms with van der Waals surface area (Å²) in [6.45, 7) is 0. The van der Waals surface area contributed by atoms with Crippen molar-refractivity contribution in [3.8, 4) is 0 Å². The molecule has 0 aromatic rings. The highest BCUT2D eigenvalue weighted by atomic mass is 127. The Kier molecular flexibility index (Phi) is 17.2. The number of hydrogen-bond donors (Lipinski definition) is 0. The summed E-state index contributed by atoms with van der Waals surface area (Å²) in [7, 11) is 0. The van der Waals surface area contributed by atoms with Crippen molar-refractivity contribution in [2.45, 2.75) is 4.30 Å². The summed E-state index contributed by atoms with van der Waals surface area (Å²) in [5.41, 5.74) is 0. The molecule has 0 nitrogen and oxygen atoms in total. The first-order valence-corrected chi connectivity index (χ1v) is 4.50. The highest BCUT2D eigenvalue weighted by Crippen LogP contribution is 2.03. The van der Waals surface area contributed by atoms with E-state index in [4.69, 9.17) is 34.8 Å². The monoisotopic (exact) mass is 260 g/mol. The Morgan fingerprint density at radius 1 is 1.17 bits per heavy atom. The van der Waals surface area contributed by atoms with Crippen molar-refractivity contribution in [1.29, 1.82) is 0 Å². The molecular weight excluding hydrogens is 257 g/mol. The minimum atomic E-state index is -0.750. The van der Waals surface area contributed by atoms with Crippen molar-refractivity contribution in [3.63, 3.8) is 0 Å². The Morgan fingerprint density at radius 3 is 1.17 bits per heavy atom. The molecular formula is C2H4Cl3I. The molecule has 0 rings (SSSR count). The van der Waals surface area contributed by atoms with E-state index in [1.807, 2.05) is 4.93 Å². The molecule has 0 amide bonds. The molecule has 0 N–H and O–H groups in total. The minimum Gasteiger partial charge on any atom is -0.0901 e. The molecule has 0 fully saturated rings. The average Bonchev–Trinajstić information content (AvgIpc) is 1.41. The minimum absolute atomic E-state index is 0.750. The van der Waals surface area contributed by atoms with E-state index in [1.54, 1.807) is 0 Å². The van der Waals surface area contributed by atoms with E-state index in [1.165, 1.54) is 0 Å². The molecule has 0 aliphatic carbocycles. The van der Waals surface area contributed by atoms with Crippen LogP contribution in [0, 0.1) is 0 Å². The van der Waals surface area contributed by atoms with Crippen molar-refractivity contribution >= 4 is 57.4 Å². The Labute approximate surface area is 66.3 Å². The van der Waals surface area contributed by atoms with E-state index in [0.717, 1.165) is 0 Å². The first kappa shape index (κ1) is 10.6. The van der Waals surface area contributed by atoms with E-state index in [9.17, 15) is 0 Å². The largest absolute Gasteiger partial charge is 0.180 e. The van der Waals surface area contributed by atoms with Gasteiger partial charge in [0.1, 0.15) is 0 Å². The summed E-state index contributed by atoms with van der Waals surface area (Å²) in [5.74, 6) is 0. The summed E-state index contributed by atoms with van der Waals surface area (Å²) in [5, 5.41) is 0. The zero-order valence-corrected chi connectivity index (χ0v) is 7.51. The highest BCUT2D eigenvalue weighted by Gasteiger charge is 1.78. The van der Waals surface area contributed by atoms with Crippen LogP contribution in [-0.4, -0.2) is 9.23 Å². The predicted molar refractivity (Wildman–Crippen MR) is 41.3 cm³/mol. The van der Waals surface area contributed by atoms with Gasteiger partial charge in [-0.2, -0.15) is 0 Å². The van der Waals surface area contributed by atoms with Crippen molar-refractivity contribution in [2.75, 3.05) is 4.93 Å². The van der Waals surface area contributed by atoms with Gasteiger partial charge in [0, 0.05) is 0 Å². The second kappa shape index (κ2) is 9.78. The number of halogens is 4. The molecule has 0 saturated heterocycles. The molecule has 0 saturated carbocycles. The molecule has 0 bridgehead atoms. The molecule has 0 spiro atoms. The van der Waals surface area contributed by atoms with E-state index in [0.29, 0.717) is 0 Å². The van der Waals surface area contributed by atoms with Crippen LogP contribution >= 0.6 is 57.4 Å². The van der Waals surface area contributed by atoms with Gasteiger partial charge in [0.15, 0.2) is 4.30 Å². The normalized spacial score (nSPS) is 7.00. The summed E-state index contributed by atoms with van der Waals surface area (Å²) in [6.07, 6.45) is 0. The molecule has 0 aliphatic heterocycles. The molecule has 0 atom stereocenters. The van der Waals surface area contributed by atoms with Crippen LogP contribution < -0.4 is 0 Å². The fraction of sp³-hybridized carbons (Fsp3) is 1.00. The maximum absolute atomic E-state index is 4.81. The molecule has 4 heteroatoms. The molecule has 0 unspecified atom stereocenters. The zero-order valence-electron chi connectivity index (χ0n) is 3.09. The Morgan fingerprint density at radius 2 is 1.17 bits per heavy atom. The molecule has 0 aromatic heterocycles. The smallest absolute Gasteiger partial charge is 0.0901 e. The molecule has 6 heavy (non-hydrogen) atoms. The fourth-order valence-electron chi connectivity index (χ4n) is 0. The standard InChI is InChI=1S/CHCl3.CH3I/c2-1(3)4;1-2/h1H;1H3. The van der Waals surface area contributed by atoms with Gasteiger partial charge in [-0.1, -0.05) is 57.4 Å². The van der Waals surface area contributed by atoms with Gasteiger partial charge in [-0.25, -0.2) is 0 Å². The lowest BCUT2D eigenvalue weighted by Gasteiger charge is -1.69. The van der Waals surface area contributed by atoms with Gasteiger partial charge >= 0.3 is 0 Å². The lowest BCUT2D eigenvalue weighted by Crippen LogP contribution is -1.55. The fourth-order valence-corrected chi connectivity index (χ4v) is 0. The topological polar surface area (TPSA) is 0 Å². The van der Waals surface area contributed by atoms with Crippen LogP contribution in [0.5, 0.6) is 0 Å². The maximum atomic E-state index is 4.81. The summed E-state index contributed by atoms with van der Waals surface area (Å²) < 4.78 is -0.750.